The number of nitrogens with two attached hydrogens (primary N) is 1. The number of hydrogen-bond donors (Lipinski definition) is 1. The number of hydrogen-bond acceptors (Lipinski definition) is 2. The molecule has 0 heterocycles. The summed E-state index contributed by atoms with van der Waals surface area (Å²) >= 11 is 0. The van der Waals surface area contributed by atoms with Crippen molar-refractivity contribution in [1.29, 1.82) is 0 Å². The van der Waals surface area contributed by atoms with Crippen molar-refractivity contribution in [3.8, 4) is 5.75 Å². The van der Waals surface area contributed by atoms with Gasteiger partial charge in [0.25, 0.3) is 0 Å². The van der Waals surface area contributed by atoms with Crippen LogP contribution in [0.3, 0.4) is 0 Å². The van der Waals surface area contributed by atoms with Crippen LogP contribution in [0.4, 0.5) is 8.78 Å². The Hall–Kier alpha value is -1.94. The second-order valence-corrected chi connectivity index (χ2v) is 5.06. The molecule has 2 nitrogen and oxygen atoms in total. The summed E-state index contributed by atoms with van der Waals surface area (Å²) in [5, 5.41) is 0. The van der Waals surface area contributed by atoms with E-state index in [0.717, 1.165) is 11.6 Å². The first kappa shape index (κ1) is 14.5. The molecule has 20 heavy (non-hydrogen) atoms. The number of rotatable bonds is 3. The smallest absolute Gasteiger partial charge is 0.126 e. The van der Waals surface area contributed by atoms with Gasteiger partial charge in [-0.05, 0) is 37.6 Å². The number of aryl methyl sites for hydroxylation is 1. The van der Waals surface area contributed by atoms with Crippen molar-refractivity contribution in [2.45, 2.75) is 19.4 Å². The first-order chi connectivity index (χ1) is 9.34. The minimum Gasteiger partial charge on any atom is -0.496 e. The summed E-state index contributed by atoms with van der Waals surface area (Å²) in [6.07, 6.45) is 0. The largest absolute Gasteiger partial charge is 0.496 e. The SMILES string of the molecule is COc1ccc(C)cc1C(C)(N)c1cc(F)cc(F)c1. The molecule has 0 fully saturated rings. The maximum atomic E-state index is 13.4. The van der Waals surface area contributed by atoms with Gasteiger partial charge in [0.1, 0.15) is 17.4 Å². The van der Waals surface area contributed by atoms with Crippen LogP contribution in [0.5, 0.6) is 5.75 Å². The molecule has 0 aromatic heterocycles. The fourth-order valence-corrected chi connectivity index (χ4v) is 2.24. The number of benzene rings is 2. The standard InChI is InChI=1S/C16H17F2NO/c1-10-4-5-15(20-3)14(6-10)16(2,19)11-7-12(17)9-13(18)8-11/h4-9H,19H2,1-3H3. The average molecular weight is 277 g/mol. The van der Waals surface area contributed by atoms with Gasteiger partial charge in [0.2, 0.25) is 0 Å². The number of methoxy groups -OCH3 is 1. The zero-order valence-electron chi connectivity index (χ0n) is 11.7. The summed E-state index contributed by atoms with van der Waals surface area (Å²) in [5.41, 5.74) is 7.31. The first-order valence-corrected chi connectivity index (χ1v) is 6.25. The summed E-state index contributed by atoms with van der Waals surface area (Å²) in [6, 6.07) is 8.86. The van der Waals surface area contributed by atoms with E-state index in [4.69, 9.17) is 10.5 Å². The van der Waals surface area contributed by atoms with E-state index < -0.39 is 17.2 Å². The highest BCUT2D eigenvalue weighted by molar-refractivity contribution is 5.47. The van der Waals surface area contributed by atoms with Crippen LogP contribution in [0, 0.1) is 18.6 Å². The van der Waals surface area contributed by atoms with E-state index in [1.54, 1.807) is 13.0 Å². The van der Waals surface area contributed by atoms with Gasteiger partial charge >= 0.3 is 0 Å². The second-order valence-electron chi connectivity index (χ2n) is 5.06. The van der Waals surface area contributed by atoms with Gasteiger partial charge in [0.05, 0.1) is 12.6 Å². The minimum absolute atomic E-state index is 0.360. The maximum Gasteiger partial charge on any atom is 0.126 e. The Balaban J connectivity index is 2.62. The molecule has 1 unspecified atom stereocenters. The van der Waals surface area contributed by atoms with E-state index in [9.17, 15) is 8.78 Å². The van der Waals surface area contributed by atoms with Gasteiger partial charge in [-0.1, -0.05) is 17.7 Å². The molecule has 2 N–H and O–H groups in total. The average Bonchev–Trinajstić information content (AvgIpc) is 2.37. The van der Waals surface area contributed by atoms with Crippen molar-refractivity contribution in [3.63, 3.8) is 0 Å². The first-order valence-electron chi connectivity index (χ1n) is 6.25. The summed E-state index contributed by atoms with van der Waals surface area (Å²) in [4.78, 5) is 0. The Kier molecular flexibility index (Phi) is 3.77. The summed E-state index contributed by atoms with van der Waals surface area (Å²) in [5.74, 6) is -0.711. The highest BCUT2D eigenvalue weighted by atomic mass is 19.1. The predicted molar refractivity (Wildman–Crippen MR) is 74.7 cm³/mol. The molecule has 0 aliphatic heterocycles. The van der Waals surface area contributed by atoms with Crippen LogP contribution in [0.2, 0.25) is 0 Å². The van der Waals surface area contributed by atoms with Crippen molar-refractivity contribution < 1.29 is 13.5 Å². The van der Waals surface area contributed by atoms with Crippen LogP contribution in [0.1, 0.15) is 23.6 Å². The van der Waals surface area contributed by atoms with Crippen LogP contribution in [0.15, 0.2) is 36.4 Å². The number of halogens is 2. The van der Waals surface area contributed by atoms with Crippen LogP contribution in [0.25, 0.3) is 0 Å². The van der Waals surface area contributed by atoms with Gasteiger partial charge < -0.3 is 10.5 Å². The molecular formula is C16H17F2NO. The van der Waals surface area contributed by atoms with Crippen molar-refractivity contribution in [2.24, 2.45) is 5.73 Å². The van der Waals surface area contributed by atoms with Crippen LogP contribution in [-0.4, -0.2) is 7.11 Å². The van der Waals surface area contributed by atoms with Crippen LogP contribution < -0.4 is 10.5 Å². The zero-order chi connectivity index (χ0) is 14.9. The highest BCUT2D eigenvalue weighted by Crippen LogP contribution is 2.34. The Bertz CT molecular complexity index is 618. The fraction of sp³-hybridized carbons (Fsp3) is 0.250. The molecule has 0 aliphatic rings. The minimum atomic E-state index is -1.06. The van der Waals surface area contributed by atoms with E-state index in [1.807, 2.05) is 19.1 Å². The van der Waals surface area contributed by atoms with E-state index >= 15 is 0 Å². The summed E-state index contributed by atoms with van der Waals surface area (Å²) < 4.78 is 32.1. The molecule has 0 saturated carbocycles. The van der Waals surface area contributed by atoms with Gasteiger partial charge in [0, 0.05) is 11.6 Å². The lowest BCUT2D eigenvalue weighted by Gasteiger charge is -2.28. The Labute approximate surface area is 117 Å². The molecule has 106 valence electrons. The van der Waals surface area contributed by atoms with Crippen molar-refractivity contribution >= 4 is 0 Å². The molecule has 4 heteroatoms. The lowest BCUT2D eigenvalue weighted by molar-refractivity contribution is 0.398. The molecule has 2 rings (SSSR count). The monoisotopic (exact) mass is 277 g/mol. The Morgan fingerprint density at radius 1 is 1.05 bits per heavy atom. The van der Waals surface area contributed by atoms with Gasteiger partial charge in [-0.2, -0.15) is 0 Å². The van der Waals surface area contributed by atoms with Crippen molar-refractivity contribution in [2.75, 3.05) is 7.11 Å². The third-order valence-electron chi connectivity index (χ3n) is 3.38. The van der Waals surface area contributed by atoms with E-state index in [-0.39, 0.29) is 0 Å². The zero-order valence-corrected chi connectivity index (χ0v) is 11.7. The topological polar surface area (TPSA) is 35.2 Å². The second kappa shape index (κ2) is 5.21. The fourth-order valence-electron chi connectivity index (χ4n) is 2.24. The third-order valence-corrected chi connectivity index (χ3v) is 3.38. The lowest BCUT2D eigenvalue weighted by atomic mass is 9.84. The maximum absolute atomic E-state index is 13.4. The van der Waals surface area contributed by atoms with Crippen LogP contribution >= 0.6 is 0 Å². The molecule has 1 atom stereocenters. The molecule has 0 saturated heterocycles. The molecule has 0 aliphatic carbocycles. The predicted octanol–water partition coefficient (Wildman–Crippen LogP) is 3.50. The molecule has 0 bridgehead atoms. The van der Waals surface area contributed by atoms with Gasteiger partial charge in [-0.15, -0.1) is 0 Å². The quantitative estimate of drug-likeness (QED) is 0.932. The van der Waals surface area contributed by atoms with Gasteiger partial charge in [-0.3, -0.25) is 0 Å². The molecule has 0 radical (unpaired) electrons. The molecule has 0 amide bonds. The summed E-state index contributed by atoms with van der Waals surface area (Å²) in [7, 11) is 1.54. The van der Waals surface area contributed by atoms with Gasteiger partial charge in [0.15, 0.2) is 0 Å². The van der Waals surface area contributed by atoms with Crippen molar-refractivity contribution in [3.05, 3.63) is 64.7 Å². The molecular weight excluding hydrogens is 260 g/mol. The molecule has 2 aromatic carbocycles. The van der Waals surface area contributed by atoms with E-state index in [1.165, 1.54) is 19.2 Å². The third kappa shape index (κ3) is 2.65. The van der Waals surface area contributed by atoms with Crippen LogP contribution in [-0.2, 0) is 5.54 Å². The normalized spacial score (nSPS) is 13.9. The lowest BCUT2D eigenvalue weighted by Crippen LogP contribution is -2.35. The van der Waals surface area contributed by atoms with Gasteiger partial charge in [-0.25, -0.2) is 8.78 Å². The highest BCUT2D eigenvalue weighted by Gasteiger charge is 2.28. The van der Waals surface area contributed by atoms with E-state index in [2.05, 4.69) is 0 Å². The Morgan fingerprint density at radius 2 is 1.65 bits per heavy atom. The Morgan fingerprint density at radius 3 is 2.20 bits per heavy atom. The molecule has 0 spiro atoms. The number of ether oxygens (including phenoxy) is 1. The molecule has 2 aromatic rings. The van der Waals surface area contributed by atoms with Crippen molar-refractivity contribution in [1.82, 2.24) is 0 Å². The van der Waals surface area contributed by atoms with E-state index in [0.29, 0.717) is 16.9 Å². The summed E-state index contributed by atoms with van der Waals surface area (Å²) in [6.45, 7) is 3.63.